The van der Waals surface area contributed by atoms with Crippen molar-refractivity contribution in [3.63, 3.8) is 0 Å². The smallest absolute Gasteiger partial charge is 0.339 e. The third-order valence-corrected chi connectivity index (χ3v) is 2.70. The number of aryl methyl sites for hydroxylation is 1. The second kappa shape index (κ2) is 5.02. The van der Waals surface area contributed by atoms with Crippen molar-refractivity contribution in [2.45, 2.75) is 26.7 Å². The fourth-order valence-electron chi connectivity index (χ4n) is 1.15. The zero-order valence-corrected chi connectivity index (χ0v) is 8.82. The van der Waals surface area contributed by atoms with Gasteiger partial charge in [0.15, 0.2) is 0 Å². The molecule has 72 valence electrons. The SMILES string of the molecule is CCCc1sccc1C(=O)OCC. The minimum atomic E-state index is -0.188. The highest BCUT2D eigenvalue weighted by Gasteiger charge is 2.12. The minimum Gasteiger partial charge on any atom is -0.462 e. The monoisotopic (exact) mass is 198 g/mol. The van der Waals surface area contributed by atoms with E-state index in [1.807, 2.05) is 18.4 Å². The van der Waals surface area contributed by atoms with Gasteiger partial charge in [-0.05, 0) is 24.8 Å². The molecular formula is C10H14O2S. The third-order valence-electron chi connectivity index (χ3n) is 1.72. The first kappa shape index (κ1) is 10.3. The van der Waals surface area contributed by atoms with E-state index in [0.717, 1.165) is 23.3 Å². The molecule has 0 aliphatic carbocycles. The lowest BCUT2D eigenvalue weighted by molar-refractivity contribution is 0.0526. The number of hydrogen-bond acceptors (Lipinski definition) is 3. The van der Waals surface area contributed by atoms with Crippen LogP contribution in [-0.4, -0.2) is 12.6 Å². The van der Waals surface area contributed by atoms with Crippen LogP contribution in [0.3, 0.4) is 0 Å². The zero-order valence-electron chi connectivity index (χ0n) is 8.00. The van der Waals surface area contributed by atoms with Crippen LogP contribution < -0.4 is 0 Å². The van der Waals surface area contributed by atoms with Crippen molar-refractivity contribution in [1.29, 1.82) is 0 Å². The Balaban J connectivity index is 2.74. The molecule has 13 heavy (non-hydrogen) atoms. The van der Waals surface area contributed by atoms with Crippen LogP contribution in [0, 0.1) is 0 Å². The maximum Gasteiger partial charge on any atom is 0.339 e. The van der Waals surface area contributed by atoms with Crippen LogP contribution in [0.15, 0.2) is 11.4 Å². The van der Waals surface area contributed by atoms with Gasteiger partial charge in [0.2, 0.25) is 0 Å². The molecule has 0 aliphatic rings. The largest absolute Gasteiger partial charge is 0.462 e. The molecule has 0 spiro atoms. The molecule has 0 amide bonds. The lowest BCUT2D eigenvalue weighted by Crippen LogP contribution is -2.05. The summed E-state index contributed by atoms with van der Waals surface area (Å²) in [5.74, 6) is -0.188. The Morgan fingerprint density at radius 2 is 2.31 bits per heavy atom. The quantitative estimate of drug-likeness (QED) is 0.695. The van der Waals surface area contributed by atoms with Gasteiger partial charge >= 0.3 is 5.97 Å². The molecule has 0 unspecified atom stereocenters. The summed E-state index contributed by atoms with van der Waals surface area (Å²) in [6.45, 7) is 4.37. The molecule has 1 heterocycles. The Kier molecular flexibility index (Phi) is 3.96. The van der Waals surface area contributed by atoms with Crippen LogP contribution in [0.2, 0.25) is 0 Å². The summed E-state index contributed by atoms with van der Waals surface area (Å²) in [4.78, 5) is 12.5. The first-order valence-electron chi connectivity index (χ1n) is 4.53. The van der Waals surface area contributed by atoms with E-state index in [9.17, 15) is 4.79 Å². The fourth-order valence-corrected chi connectivity index (χ4v) is 2.12. The number of rotatable bonds is 4. The average Bonchev–Trinajstić information content (AvgIpc) is 2.54. The van der Waals surface area contributed by atoms with Crippen molar-refractivity contribution in [2.75, 3.05) is 6.61 Å². The molecule has 1 rings (SSSR count). The summed E-state index contributed by atoms with van der Waals surface area (Å²) in [5, 5.41) is 1.94. The summed E-state index contributed by atoms with van der Waals surface area (Å²) in [6, 6.07) is 1.84. The van der Waals surface area contributed by atoms with Crippen LogP contribution in [-0.2, 0) is 11.2 Å². The number of thiophene rings is 1. The number of ether oxygens (including phenoxy) is 1. The van der Waals surface area contributed by atoms with Crippen LogP contribution in [0.5, 0.6) is 0 Å². The van der Waals surface area contributed by atoms with Crippen molar-refractivity contribution in [3.8, 4) is 0 Å². The van der Waals surface area contributed by atoms with Gasteiger partial charge in [-0.3, -0.25) is 0 Å². The molecule has 0 saturated heterocycles. The molecule has 1 aromatic rings. The van der Waals surface area contributed by atoms with Gasteiger partial charge in [0.25, 0.3) is 0 Å². The maximum absolute atomic E-state index is 11.4. The van der Waals surface area contributed by atoms with E-state index in [1.165, 1.54) is 0 Å². The van der Waals surface area contributed by atoms with E-state index in [0.29, 0.717) is 6.61 Å². The molecule has 0 fully saturated rings. The first-order valence-corrected chi connectivity index (χ1v) is 5.41. The Labute approximate surface area is 82.5 Å². The Morgan fingerprint density at radius 3 is 2.92 bits per heavy atom. The summed E-state index contributed by atoms with van der Waals surface area (Å²) < 4.78 is 4.94. The normalized spacial score (nSPS) is 10.0. The molecule has 0 atom stereocenters. The minimum absolute atomic E-state index is 0.188. The molecule has 0 radical (unpaired) electrons. The predicted octanol–water partition coefficient (Wildman–Crippen LogP) is 2.88. The lowest BCUT2D eigenvalue weighted by Gasteiger charge is -2.01. The Hall–Kier alpha value is -0.830. The molecule has 1 aromatic heterocycles. The van der Waals surface area contributed by atoms with E-state index >= 15 is 0 Å². The first-order chi connectivity index (χ1) is 6.29. The van der Waals surface area contributed by atoms with Crippen LogP contribution in [0.25, 0.3) is 0 Å². The van der Waals surface area contributed by atoms with Crippen molar-refractivity contribution in [2.24, 2.45) is 0 Å². The molecule has 0 aromatic carbocycles. The number of carbonyl (C=O) groups is 1. The highest BCUT2D eigenvalue weighted by molar-refractivity contribution is 7.10. The predicted molar refractivity (Wildman–Crippen MR) is 54.3 cm³/mol. The van der Waals surface area contributed by atoms with Crippen molar-refractivity contribution >= 4 is 17.3 Å². The van der Waals surface area contributed by atoms with Crippen LogP contribution in [0.1, 0.15) is 35.5 Å². The highest BCUT2D eigenvalue weighted by Crippen LogP contribution is 2.19. The summed E-state index contributed by atoms with van der Waals surface area (Å²) >= 11 is 1.63. The molecule has 3 heteroatoms. The van der Waals surface area contributed by atoms with Gasteiger partial charge < -0.3 is 4.74 Å². The Bertz CT molecular complexity index is 278. The van der Waals surface area contributed by atoms with Crippen molar-refractivity contribution < 1.29 is 9.53 Å². The van der Waals surface area contributed by atoms with Gasteiger partial charge in [-0.15, -0.1) is 11.3 Å². The van der Waals surface area contributed by atoms with Crippen molar-refractivity contribution in [1.82, 2.24) is 0 Å². The standard InChI is InChI=1S/C10H14O2S/c1-3-5-9-8(6-7-13-9)10(11)12-4-2/h6-7H,3-5H2,1-2H3. The van der Waals surface area contributed by atoms with Crippen molar-refractivity contribution in [3.05, 3.63) is 21.9 Å². The molecular weight excluding hydrogens is 184 g/mol. The number of hydrogen-bond donors (Lipinski definition) is 0. The number of carbonyl (C=O) groups excluding carboxylic acids is 1. The van der Waals surface area contributed by atoms with Crippen LogP contribution in [0.4, 0.5) is 0 Å². The second-order valence-electron chi connectivity index (χ2n) is 2.73. The lowest BCUT2D eigenvalue weighted by atomic mass is 10.2. The van der Waals surface area contributed by atoms with E-state index < -0.39 is 0 Å². The third kappa shape index (κ3) is 2.56. The second-order valence-corrected chi connectivity index (χ2v) is 3.73. The summed E-state index contributed by atoms with van der Waals surface area (Å²) in [6.07, 6.45) is 2.03. The summed E-state index contributed by atoms with van der Waals surface area (Å²) in [5.41, 5.74) is 0.744. The number of esters is 1. The molecule has 0 N–H and O–H groups in total. The van der Waals surface area contributed by atoms with E-state index in [2.05, 4.69) is 6.92 Å². The molecule has 0 aliphatic heterocycles. The van der Waals surface area contributed by atoms with E-state index in [-0.39, 0.29) is 5.97 Å². The zero-order chi connectivity index (χ0) is 9.68. The van der Waals surface area contributed by atoms with Gasteiger partial charge in [-0.2, -0.15) is 0 Å². The van der Waals surface area contributed by atoms with Gasteiger partial charge in [-0.1, -0.05) is 13.3 Å². The van der Waals surface area contributed by atoms with E-state index in [4.69, 9.17) is 4.74 Å². The van der Waals surface area contributed by atoms with Gasteiger partial charge in [0, 0.05) is 4.88 Å². The molecule has 0 bridgehead atoms. The molecule has 2 nitrogen and oxygen atoms in total. The van der Waals surface area contributed by atoms with Crippen LogP contribution >= 0.6 is 11.3 Å². The van der Waals surface area contributed by atoms with Gasteiger partial charge in [-0.25, -0.2) is 4.79 Å². The highest BCUT2D eigenvalue weighted by atomic mass is 32.1. The van der Waals surface area contributed by atoms with Gasteiger partial charge in [0.1, 0.15) is 0 Å². The Morgan fingerprint density at radius 1 is 1.54 bits per heavy atom. The average molecular weight is 198 g/mol. The topological polar surface area (TPSA) is 26.3 Å². The summed E-state index contributed by atoms with van der Waals surface area (Å²) in [7, 11) is 0. The molecule has 0 saturated carbocycles. The van der Waals surface area contributed by atoms with Gasteiger partial charge in [0.05, 0.1) is 12.2 Å². The maximum atomic E-state index is 11.4. The fraction of sp³-hybridized carbons (Fsp3) is 0.500. The van der Waals surface area contributed by atoms with E-state index in [1.54, 1.807) is 11.3 Å².